The monoisotopic (exact) mass is 583 g/mol. The molecular weight excluding hydrogens is 538 g/mol. The van der Waals surface area contributed by atoms with Gasteiger partial charge in [0.2, 0.25) is 0 Å². The van der Waals surface area contributed by atoms with E-state index in [2.05, 4.69) is 5.32 Å². The molecule has 0 aliphatic carbocycles. The maximum absolute atomic E-state index is 12.4. The van der Waals surface area contributed by atoms with Crippen LogP contribution in [0.5, 0.6) is 11.5 Å². The third-order valence-corrected chi connectivity index (χ3v) is 5.52. The van der Waals surface area contributed by atoms with Gasteiger partial charge in [0, 0.05) is 12.5 Å². The highest BCUT2D eigenvalue weighted by Crippen LogP contribution is 2.31. The van der Waals surface area contributed by atoms with Crippen molar-refractivity contribution in [3.05, 3.63) is 23.8 Å². The average molecular weight is 584 g/mol. The van der Waals surface area contributed by atoms with Gasteiger partial charge in [0.05, 0.1) is 19.8 Å². The number of ether oxygens (including phenoxy) is 6. The first-order valence-electron chi connectivity index (χ1n) is 14.0. The van der Waals surface area contributed by atoms with Crippen LogP contribution < -0.4 is 14.8 Å². The average Bonchev–Trinajstić information content (AvgIpc) is 2.84. The Morgan fingerprint density at radius 1 is 0.805 bits per heavy atom. The molecule has 0 saturated heterocycles. The number of carboxylic acid groups (broad SMARTS) is 1. The Hall–Kier alpha value is -3.54. The van der Waals surface area contributed by atoms with Crippen molar-refractivity contribution in [3.63, 3.8) is 0 Å². The fourth-order valence-corrected chi connectivity index (χ4v) is 3.34. The summed E-state index contributed by atoms with van der Waals surface area (Å²) in [5, 5.41) is 12.9. The zero-order chi connectivity index (χ0) is 31.0. The van der Waals surface area contributed by atoms with Gasteiger partial charge >= 0.3 is 24.4 Å². The largest absolute Gasteiger partial charge is 0.513 e. The summed E-state index contributed by atoms with van der Waals surface area (Å²) in [4.78, 5) is 49.5. The highest BCUT2D eigenvalue weighted by molar-refractivity contribution is 5.80. The van der Waals surface area contributed by atoms with Crippen LogP contribution >= 0.6 is 0 Å². The Morgan fingerprint density at radius 3 is 1.83 bits per heavy atom. The van der Waals surface area contributed by atoms with Gasteiger partial charge in [-0.05, 0) is 62.6 Å². The van der Waals surface area contributed by atoms with Crippen LogP contribution in [0.4, 0.5) is 14.4 Å². The standard InChI is InChI=1S/C29H45NO11/c1-8-9-14-36-28(35)41-29(25(31)32,30-21(6)7)18-22-10-11-23(39-26(33)37-15-12-19(2)3)24(17-22)40-27(34)38-16-13-20(4)5/h10-11,17,19-21,30H,8-9,12-16,18H2,1-7H3,(H,31,32)/t29-/m0/s1. The van der Waals surface area contributed by atoms with E-state index in [9.17, 15) is 24.3 Å². The van der Waals surface area contributed by atoms with Crippen LogP contribution in [-0.2, 0) is 30.2 Å². The van der Waals surface area contributed by atoms with Crippen LogP contribution in [0.1, 0.15) is 79.7 Å². The van der Waals surface area contributed by atoms with Gasteiger partial charge in [0.1, 0.15) is 0 Å². The lowest BCUT2D eigenvalue weighted by Crippen LogP contribution is -2.59. The van der Waals surface area contributed by atoms with Crippen molar-refractivity contribution >= 4 is 24.4 Å². The minimum atomic E-state index is -2.22. The zero-order valence-electron chi connectivity index (χ0n) is 25.2. The summed E-state index contributed by atoms with van der Waals surface area (Å²) < 4.78 is 31.1. The number of carboxylic acids is 1. The predicted molar refractivity (Wildman–Crippen MR) is 149 cm³/mol. The number of unbranched alkanes of at least 4 members (excludes halogenated alkanes) is 1. The third-order valence-electron chi connectivity index (χ3n) is 5.52. The van der Waals surface area contributed by atoms with E-state index >= 15 is 0 Å². The summed E-state index contributed by atoms with van der Waals surface area (Å²) in [5.41, 5.74) is -1.95. The third kappa shape index (κ3) is 14.1. The molecule has 0 spiro atoms. The van der Waals surface area contributed by atoms with Crippen LogP contribution in [0.15, 0.2) is 18.2 Å². The molecule has 1 rings (SSSR count). The fourth-order valence-electron chi connectivity index (χ4n) is 3.34. The van der Waals surface area contributed by atoms with Gasteiger partial charge in [0.15, 0.2) is 11.5 Å². The van der Waals surface area contributed by atoms with Gasteiger partial charge in [-0.25, -0.2) is 19.2 Å². The van der Waals surface area contributed by atoms with E-state index in [0.29, 0.717) is 25.2 Å². The van der Waals surface area contributed by atoms with Crippen molar-refractivity contribution in [1.29, 1.82) is 0 Å². The van der Waals surface area contributed by atoms with Gasteiger partial charge in [0.25, 0.3) is 5.72 Å². The zero-order valence-corrected chi connectivity index (χ0v) is 25.2. The predicted octanol–water partition coefficient (Wildman–Crippen LogP) is 6.08. The van der Waals surface area contributed by atoms with Crippen LogP contribution in [0.25, 0.3) is 0 Å². The molecule has 12 heteroatoms. The van der Waals surface area contributed by atoms with Crippen LogP contribution in [0.3, 0.4) is 0 Å². The van der Waals surface area contributed by atoms with Crippen LogP contribution in [0, 0.1) is 11.8 Å². The first kappa shape index (κ1) is 35.5. The lowest BCUT2D eigenvalue weighted by atomic mass is 10.0. The molecule has 0 unspecified atom stereocenters. The first-order chi connectivity index (χ1) is 19.3. The molecule has 1 atom stereocenters. The van der Waals surface area contributed by atoms with Gasteiger partial charge in [-0.2, -0.15) is 0 Å². The highest BCUT2D eigenvalue weighted by atomic mass is 16.8. The molecule has 2 N–H and O–H groups in total. The molecule has 0 aromatic heterocycles. The quantitative estimate of drug-likeness (QED) is 0.0717. The van der Waals surface area contributed by atoms with Crippen molar-refractivity contribution in [2.75, 3.05) is 19.8 Å². The Labute approximate surface area is 241 Å². The lowest BCUT2D eigenvalue weighted by Gasteiger charge is -2.31. The van der Waals surface area contributed by atoms with Gasteiger partial charge in [-0.15, -0.1) is 0 Å². The molecule has 0 fully saturated rings. The molecule has 1 aromatic carbocycles. The topological polar surface area (TPSA) is 156 Å². The summed E-state index contributed by atoms with van der Waals surface area (Å²) in [6.07, 6.45) is -0.997. The van der Waals surface area contributed by atoms with E-state index < -0.39 is 36.2 Å². The van der Waals surface area contributed by atoms with Crippen molar-refractivity contribution < 1.29 is 52.7 Å². The van der Waals surface area contributed by atoms with Crippen molar-refractivity contribution in [2.24, 2.45) is 11.8 Å². The molecule has 0 saturated carbocycles. The van der Waals surface area contributed by atoms with E-state index in [-0.39, 0.29) is 49.2 Å². The van der Waals surface area contributed by atoms with E-state index in [1.165, 1.54) is 18.2 Å². The van der Waals surface area contributed by atoms with Crippen LogP contribution in [-0.4, -0.2) is 61.1 Å². The smallest absolute Gasteiger partial charge is 0.477 e. The van der Waals surface area contributed by atoms with Crippen molar-refractivity contribution in [3.8, 4) is 11.5 Å². The molecule has 1 aromatic rings. The van der Waals surface area contributed by atoms with E-state index in [4.69, 9.17) is 28.4 Å². The summed E-state index contributed by atoms with van der Waals surface area (Å²) in [5.74, 6) is -1.24. The van der Waals surface area contributed by atoms with E-state index in [0.717, 1.165) is 6.42 Å². The molecule has 0 heterocycles. The molecule has 0 radical (unpaired) electrons. The van der Waals surface area contributed by atoms with E-state index in [1.54, 1.807) is 13.8 Å². The summed E-state index contributed by atoms with van der Waals surface area (Å²) in [7, 11) is 0. The molecule has 0 aliphatic rings. The molecule has 12 nitrogen and oxygen atoms in total. The van der Waals surface area contributed by atoms with Crippen LogP contribution in [0.2, 0.25) is 0 Å². The van der Waals surface area contributed by atoms with Gasteiger partial charge < -0.3 is 33.5 Å². The first-order valence-corrected chi connectivity index (χ1v) is 14.0. The van der Waals surface area contributed by atoms with Crippen molar-refractivity contribution in [1.82, 2.24) is 5.32 Å². The van der Waals surface area contributed by atoms with Crippen molar-refractivity contribution in [2.45, 2.75) is 92.3 Å². The lowest BCUT2D eigenvalue weighted by molar-refractivity contribution is -0.166. The highest BCUT2D eigenvalue weighted by Gasteiger charge is 2.44. The molecule has 41 heavy (non-hydrogen) atoms. The summed E-state index contributed by atoms with van der Waals surface area (Å²) in [6, 6.07) is 3.65. The maximum atomic E-state index is 12.4. The number of nitrogens with one attached hydrogen (secondary N) is 1. The minimum Gasteiger partial charge on any atom is -0.477 e. The molecule has 0 bridgehead atoms. The number of carbonyl (C=O) groups excluding carboxylic acids is 3. The Morgan fingerprint density at radius 2 is 1.34 bits per heavy atom. The summed E-state index contributed by atoms with van der Waals surface area (Å²) in [6.45, 7) is 13.5. The molecule has 232 valence electrons. The van der Waals surface area contributed by atoms with Gasteiger partial charge in [-0.3, -0.25) is 5.32 Å². The number of benzene rings is 1. The second-order valence-corrected chi connectivity index (χ2v) is 10.7. The molecular formula is C29H45NO11. The SMILES string of the molecule is CCCCOC(=O)O[C@](Cc1ccc(OC(=O)OCCC(C)C)c(OC(=O)OCCC(C)C)c1)(NC(C)C)C(=O)O. The summed E-state index contributed by atoms with van der Waals surface area (Å²) >= 11 is 0. The Bertz CT molecular complexity index is 993. The number of aliphatic carboxylic acids is 1. The minimum absolute atomic E-state index is 0.0723. The second kappa shape index (κ2) is 18.0. The Balaban J connectivity index is 3.29. The van der Waals surface area contributed by atoms with E-state index in [1.807, 2.05) is 34.6 Å². The Kier molecular flexibility index (Phi) is 15.6. The fraction of sp³-hybridized carbons (Fsp3) is 0.655. The number of hydrogen-bond acceptors (Lipinski definition) is 11. The number of hydrogen-bond donors (Lipinski definition) is 2. The number of rotatable bonds is 17. The molecule has 0 aliphatic heterocycles. The normalized spacial score (nSPS) is 12.5. The second-order valence-electron chi connectivity index (χ2n) is 10.7. The number of carbonyl (C=O) groups is 4. The maximum Gasteiger partial charge on any atom is 0.513 e. The van der Waals surface area contributed by atoms with Gasteiger partial charge in [-0.1, -0.05) is 47.1 Å². The molecule has 0 amide bonds.